The van der Waals surface area contributed by atoms with Crippen molar-refractivity contribution in [3.63, 3.8) is 0 Å². The van der Waals surface area contributed by atoms with E-state index in [4.69, 9.17) is 23.8 Å². The number of nitrogens with two attached hydrogens (primary N) is 1. The number of furan rings is 1. The summed E-state index contributed by atoms with van der Waals surface area (Å²) in [6.07, 6.45) is 4.55. The molecule has 1 aliphatic rings. The standard InChI is InChI=1S/C32H28BrN5O9S2/c1-44-26-12-19(13-27(45-2)30(26)40)16-35-37-32-38(17-23-4-3-11-46-23)31(41)28(48-32)15-20-14-21(33)5-10-25(20)47-18-29(39)36-22-6-8-24(9-7-22)49(34,42)43/h3-16,40H,17-18H2,1-2H3,(H,36,39)(H2,34,42,43)/b28-15-,35-16+,37-32-. The quantitative estimate of drug-likeness (QED) is 0.101. The number of nitrogens with one attached hydrogen (secondary N) is 1. The van der Waals surface area contributed by atoms with E-state index in [2.05, 4.69) is 31.4 Å². The predicted octanol–water partition coefficient (Wildman–Crippen LogP) is 4.94. The first-order valence-electron chi connectivity index (χ1n) is 14.1. The highest BCUT2D eigenvalue weighted by atomic mass is 79.9. The normalized spacial score (nSPS) is 14.9. The number of phenols is 1. The molecule has 0 radical (unpaired) electrons. The highest BCUT2D eigenvalue weighted by Gasteiger charge is 2.34. The summed E-state index contributed by atoms with van der Waals surface area (Å²) in [5.74, 6) is 0.195. The van der Waals surface area contributed by atoms with Gasteiger partial charge in [0.1, 0.15) is 11.5 Å². The monoisotopic (exact) mass is 769 g/mol. The number of phenolic OH excluding ortho intramolecular Hbond substituents is 1. The smallest absolute Gasteiger partial charge is 0.267 e. The number of benzene rings is 3. The maximum atomic E-state index is 13.7. The SMILES string of the molecule is COc1cc(/C=N/N=C2\S/C(=C\c3cc(Br)ccc3OCC(=O)Nc3ccc(S(N)(=O)=O)cc3)C(=O)N2Cc2ccco2)cc(OC)c1O. The lowest BCUT2D eigenvalue weighted by Crippen LogP contribution is -2.28. The number of carbonyl (C=O) groups is 2. The van der Waals surface area contributed by atoms with Crippen molar-refractivity contribution in [2.24, 2.45) is 15.3 Å². The van der Waals surface area contributed by atoms with Crippen LogP contribution in [0.4, 0.5) is 5.69 Å². The maximum absolute atomic E-state index is 13.7. The van der Waals surface area contributed by atoms with Gasteiger partial charge in [-0.2, -0.15) is 5.10 Å². The predicted molar refractivity (Wildman–Crippen MR) is 187 cm³/mol. The highest BCUT2D eigenvalue weighted by Crippen LogP contribution is 2.38. The number of hydrogen-bond acceptors (Lipinski definition) is 12. The summed E-state index contributed by atoms with van der Waals surface area (Å²) >= 11 is 4.52. The Morgan fingerprint density at radius 2 is 1.80 bits per heavy atom. The topological polar surface area (TPSA) is 195 Å². The van der Waals surface area contributed by atoms with Gasteiger partial charge in [0.15, 0.2) is 23.3 Å². The first kappa shape index (κ1) is 35.2. The minimum absolute atomic E-state index is 0.0879. The summed E-state index contributed by atoms with van der Waals surface area (Å²) in [5.41, 5.74) is 1.38. The van der Waals surface area contributed by atoms with Crippen LogP contribution in [-0.4, -0.2) is 62.4 Å². The molecule has 4 aromatic rings. The van der Waals surface area contributed by atoms with E-state index < -0.39 is 15.9 Å². The van der Waals surface area contributed by atoms with E-state index in [1.807, 2.05) is 0 Å². The van der Waals surface area contributed by atoms with E-state index in [9.17, 15) is 23.1 Å². The molecule has 1 fully saturated rings. The average Bonchev–Trinajstić information content (AvgIpc) is 3.69. The number of ether oxygens (including phenoxy) is 3. The summed E-state index contributed by atoms with van der Waals surface area (Å²) < 4.78 is 45.4. The van der Waals surface area contributed by atoms with Gasteiger partial charge in [-0.1, -0.05) is 15.9 Å². The molecule has 0 aliphatic carbocycles. The van der Waals surface area contributed by atoms with Crippen LogP contribution in [0.3, 0.4) is 0 Å². The first-order valence-corrected chi connectivity index (χ1v) is 17.3. The van der Waals surface area contributed by atoms with Crippen molar-refractivity contribution in [1.82, 2.24) is 4.90 Å². The van der Waals surface area contributed by atoms with Gasteiger partial charge in [0.2, 0.25) is 15.8 Å². The van der Waals surface area contributed by atoms with Crippen LogP contribution in [0.2, 0.25) is 0 Å². The van der Waals surface area contributed by atoms with E-state index in [-0.39, 0.29) is 46.4 Å². The van der Waals surface area contributed by atoms with Gasteiger partial charge in [-0.15, -0.1) is 5.10 Å². The third kappa shape index (κ3) is 8.88. The van der Waals surface area contributed by atoms with Gasteiger partial charge >= 0.3 is 0 Å². The van der Waals surface area contributed by atoms with Crippen molar-refractivity contribution in [3.8, 4) is 23.0 Å². The van der Waals surface area contributed by atoms with Crippen LogP contribution in [0.25, 0.3) is 6.08 Å². The number of methoxy groups -OCH3 is 2. The molecule has 254 valence electrons. The zero-order valence-electron chi connectivity index (χ0n) is 25.8. The summed E-state index contributed by atoms with van der Waals surface area (Å²) in [7, 11) is -1.05. The Kier molecular flexibility index (Phi) is 11.1. The van der Waals surface area contributed by atoms with Crippen molar-refractivity contribution < 1.29 is 41.7 Å². The van der Waals surface area contributed by atoms with Crippen LogP contribution in [0.15, 0.2) is 102 Å². The van der Waals surface area contributed by atoms with Crippen LogP contribution in [0.1, 0.15) is 16.9 Å². The highest BCUT2D eigenvalue weighted by molar-refractivity contribution is 9.10. The number of aromatic hydroxyl groups is 1. The molecule has 0 atom stereocenters. The molecule has 14 nitrogen and oxygen atoms in total. The lowest BCUT2D eigenvalue weighted by atomic mass is 10.2. The number of amides is 2. The van der Waals surface area contributed by atoms with E-state index in [0.29, 0.717) is 37.7 Å². The number of sulfonamides is 1. The third-order valence-electron chi connectivity index (χ3n) is 6.72. The molecule has 1 aromatic heterocycles. The van der Waals surface area contributed by atoms with Gasteiger partial charge in [-0.3, -0.25) is 14.5 Å². The molecule has 1 aliphatic heterocycles. The number of amidine groups is 1. The molecule has 5 rings (SSSR count). The summed E-state index contributed by atoms with van der Waals surface area (Å²) in [6.45, 7) is -0.291. The summed E-state index contributed by atoms with van der Waals surface area (Å²) in [5, 5.41) is 26.7. The van der Waals surface area contributed by atoms with Crippen LogP contribution < -0.4 is 24.7 Å². The molecule has 3 aromatic carbocycles. The molecule has 0 saturated carbocycles. The molecule has 0 bridgehead atoms. The van der Waals surface area contributed by atoms with E-state index >= 15 is 0 Å². The summed E-state index contributed by atoms with van der Waals surface area (Å²) in [4.78, 5) is 27.9. The number of carbonyl (C=O) groups excluding carboxylic acids is 2. The van der Waals surface area contributed by atoms with Crippen molar-refractivity contribution >= 4 is 72.7 Å². The van der Waals surface area contributed by atoms with Gasteiger partial charge in [-0.25, -0.2) is 13.6 Å². The van der Waals surface area contributed by atoms with Crippen molar-refractivity contribution in [2.45, 2.75) is 11.4 Å². The fourth-order valence-corrected chi connectivity index (χ4v) is 6.21. The minimum Gasteiger partial charge on any atom is -0.502 e. The number of nitrogens with zero attached hydrogens (tertiary/aromatic N) is 3. The molecule has 4 N–H and O–H groups in total. The Balaban J connectivity index is 1.36. The molecule has 17 heteroatoms. The van der Waals surface area contributed by atoms with Gasteiger partial charge < -0.3 is 29.1 Å². The van der Waals surface area contributed by atoms with Crippen LogP contribution in [0, 0.1) is 0 Å². The number of hydrogen-bond donors (Lipinski definition) is 3. The minimum atomic E-state index is -3.87. The van der Waals surface area contributed by atoms with E-state index in [0.717, 1.165) is 11.8 Å². The molecule has 2 heterocycles. The van der Waals surface area contributed by atoms with E-state index in [1.165, 1.54) is 55.9 Å². The molecular weight excluding hydrogens is 742 g/mol. The van der Waals surface area contributed by atoms with Gasteiger partial charge in [0, 0.05) is 21.3 Å². The van der Waals surface area contributed by atoms with E-state index in [1.54, 1.807) is 48.5 Å². The Bertz CT molecular complexity index is 2040. The van der Waals surface area contributed by atoms with Crippen molar-refractivity contribution in [3.05, 3.63) is 99.3 Å². The van der Waals surface area contributed by atoms with Crippen LogP contribution >= 0.6 is 27.7 Å². The first-order chi connectivity index (χ1) is 23.4. The number of thioether (sulfide) groups is 1. The number of primary sulfonamides is 1. The van der Waals surface area contributed by atoms with Gasteiger partial charge in [-0.05, 0) is 84.6 Å². The van der Waals surface area contributed by atoms with Gasteiger partial charge in [0.05, 0.1) is 43.0 Å². The lowest BCUT2D eigenvalue weighted by Gasteiger charge is -2.13. The number of anilines is 1. The molecule has 0 spiro atoms. The van der Waals surface area contributed by atoms with Crippen LogP contribution in [-0.2, 0) is 26.2 Å². The van der Waals surface area contributed by atoms with Crippen LogP contribution in [0.5, 0.6) is 23.0 Å². The van der Waals surface area contributed by atoms with Gasteiger partial charge in [0.25, 0.3) is 11.8 Å². The maximum Gasteiger partial charge on any atom is 0.267 e. The Morgan fingerprint density at radius 1 is 1.08 bits per heavy atom. The number of rotatable bonds is 12. The number of halogens is 1. The fourth-order valence-electron chi connectivity index (χ4n) is 4.39. The zero-order valence-corrected chi connectivity index (χ0v) is 29.0. The zero-order chi connectivity index (χ0) is 35.1. The molecule has 2 amide bonds. The Hall–Kier alpha value is -5.10. The second kappa shape index (κ2) is 15.4. The van der Waals surface area contributed by atoms with Crippen molar-refractivity contribution in [1.29, 1.82) is 0 Å². The Labute approximate surface area is 293 Å². The third-order valence-corrected chi connectivity index (χ3v) is 9.14. The average molecular weight is 771 g/mol. The second-order valence-corrected chi connectivity index (χ2v) is 13.6. The molecule has 49 heavy (non-hydrogen) atoms. The molecular formula is C32H28BrN5O9S2. The fraction of sp³-hybridized carbons (Fsp3) is 0.125. The largest absolute Gasteiger partial charge is 0.502 e. The molecule has 1 saturated heterocycles. The second-order valence-electron chi connectivity index (χ2n) is 10.1. The lowest BCUT2D eigenvalue weighted by molar-refractivity contribution is -0.122. The Morgan fingerprint density at radius 3 is 2.43 bits per heavy atom. The van der Waals surface area contributed by atoms with Crippen molar-refractivity contribution in [2.75, 3.05) is 26.1 Å². The summed E-state index contributed by atoms with van der Waals surface area (Å²) in [6, 6.07) is 17.0. The molecule has 0 unspecified atom stereocenters.